The van der Waals surface area contributed by atoms with Crippen molar-refractivity contribution in [1.82, 2.24) is 20.0 Å². The Bertz CT molecular complexity index is 1800. The molecule has 0 aromatic heterocycles. The van der Waals surface area contributed by atoms with Gasteiger partial charge in [-0.05, 0) is 119 Å². The van der Waals surface area contributed by atoms with Crippen LogP contribution in [0.1, 0.15) is 63.9 Å². The van der Waals surface area contributed by atoms with Crippen LogP contribution in [0, 0.1) is 23.5 Å². The number of amides is 2. The summed E-state index contributed by atoms with van der Waals surface area (Å²) >= 11 is 0. The van der Waals surface area contributed by atoms with Crippen LogP contribution >= 0.6 is 0 Å². The Hall–Kier alpha value is -3.36. The fraction of sp³-hybridized carbons (Fsp3) is 0.650. The number of halogens is 3. The molecule has 4 heterocycles. The van der Waals surface area contributed by atoms with Crippen molar-refractivity contribution in [2.75, 3.05) is 77.5 Å². The number of carbonyl (C=O) groups is 2. The largest absolute Gasteiger partial charge is 0.453 e. The number of alkyl carbamates (subject to hydrolysis) is 1. The highest BCUT2D eigenvalue weighted by atomic mass is 32.2. The van der Waals surface area contributed by atoms with Gasteiger partial charge in [-0.3, -0.25) is 9.69 Å². The van der Waals surface area contributed by atoms with Crippen molar-refractivity contribution >= 4 is 27.5 Å². The van der Waals surface area contributed by atoms with Crippen molar-refractivity contribution in [3.8, 4) is 0 Å². The fourth-order valence-corrected chi connectivity index (χ4v) is 12.0. The Morgan fingerprint density at radius 3 is 2.33 bits per heavy atom. The molecule has 7 rings (SSSR count). The first-order valence-electron chi connectivity index (χ1n) is 19.6. The van der Waals surface area contributed by atoms with E-state index in [1.807, 2.05) is 6.07 Å². The van der Waals surface area contributed by atoms with E-state index in [9.17, 15) is 22.4 Å². The summed E-state index contributed by atoms with van der Waals surface area (Å²) in [5.74, 6) is -0.907. The van der Waals surface area contributed by atoms with E-state index in [0.29, 0.717) is 32.5 Å². The van der Waals surface area contributed by atoms with Gasteiger partial charge in [-0.15, -0.1) is 0 Å². The highest BCUT2D eigenvalue weighted by molar-refractivity contribution is 7.92. The molecule has 296 valence electrons. The molecule has 1 aliphatic carbocycles. The average molecular weight is 774 g/mol. The maximum Gasteiger partial charge on any atom is 0.407 e. The van der Waals surface area contributed by atoms with Gasteiger partial charge in [0.05, 0.1) is 36.0 Å². The lowest BCUT2D eigenvalue weighted by molar-refractivity contribution is -0.129. The topological polar surface area (TPSA) is 102 Å². The van der Waals surface area contributed by atoms with E-state index < -0.39 is 38.1 Å². The number of sulfone groups is 1. The van der Waals surface area contributed by atoms with Gasteiger partial charge in [0.2, 0.25) is 5.91 Å². The first-order chi connectivity index (χ1) is 25.8. The van der Waals surface area contributed by atoms with Crippen LogP contribution < -0.4 is 10.2 Å². The van der Waals surface area contributed by atoms with Gasteiger partial charge in [-0.1, -0.05) is 18.6 Å². The van der Waals surface area contributed by atoms with Crippen molar-refractivity contribution in [1.29, 1.82) is 0 Å². The predicted molar refractivity (Wildman–Crippen MR) is 200 cm³/mol. The standard InChI is InChI=1S/C40H54F3N5O5S/c1-28(49)47-18-5-9-33(23-47)54(51,52)32-12-13-37(35(42)22-32)48-25-39(43,26-48)24-46-19-14-29(15-20-46)40(27-45-16-6-17-45,30-7-3-8-31(41)21-30)34-10-4-11-36(34)44-38(50)53-2/h3,7-8,12-13,21-22,29,33-34,36H,4-6,9-11,14-20,23-27H2,1-2H3,(H,44,50)/t33?,34-,36-,40-/m0/s1. The number of alkyl halides is 1. The van der Waals surface area contributed by atoms with Gasteiger partial charge in [0.25, 0.3) is 0 Å². The van der Waals surface area contributed by atoms with Gasteiger partial charge in [0, 0.05) is 44.6 Å². The number of nitrogens with zero attached hydrogens (tertiary/aromatic N) is 4. The average Bonchev–Trinajstić information content (AvgIpc) is 3.59. The molecule has 10 nitrogen and oxygen atoms in total. The smallest absolute Gasteiger partial charge is 0.407 e. The van der Waals surface area contributed by atoms with Crippen LogP contribution in [0.25, 0.3) is 0 Å². The Balaban J connectivity index is 1.02. The van der Waals surface area contributed by atoms with Gasteiger partial charge >= 0.3 is 6.09 Å². The summed E-state index contributed by atoms with van der Waals surface area (Å²) in [6.45, 7) is 6.29. The molecule has 5 fully saturated rings. The van der Waals surface area contributed by atoms with E-state index in [0.717, 1.165) is 69.8 Å². The monoisotopic (exact) mass is 773 g/mol. The number of benzene rings is 2. The number of nitrogens with one attached hydrogen (secondary N) is 1. The third kappa shape index (κ3) is 7.71. The number of anilines is 1. The van der Waals surface area contributed by atoms with E-state index >= 15 is 8.78 Å². The molecular formula is C40H54F3N5O5S. The van der Waals surface area contributed by atoms with Crippen LogP contribution in [0.5, 0.6) is 0 Å². The molecule has 4 aliphatic heterocycles. The van der Waals surface area contributed by atoms with Crippen LogP contribution in [0.3, 0.4) is 0 Å². The molecule has 2 aromatic rings. The van der Waals surface area contributed by atoms with Crippen molar-refractivity contribution in [2.24, 2.45) is 11.8 Å². The summed E-state index contributed by atoms with van der Waals surface area (Å²) in [6, 6.07) is 10.7. The fourth-order valence-electron chi connectivity index (χ4n) is 10.2. The molecule has 0 spiro atoms. The number of hydrogen-bond donors (Lipinski definition) is 1. The first-order valence-corrected chi connectivity index (χ1v) is 21.1. The first kappa shape index (κ1) is 38.9. The van der Waals surface area contributed by atoms with Gasteiger partial charge in [-0.25, -0.2) is 26.4 Å². The second kappa shape index (κ2) is 15.6. The van der Waals surface area contributed by atoms with E-state index in [-0.39, 0.29) is 66.4 Å². The third-order valence-electron chi connectivity index (χ3n) is 13.1. The number of likely N-dealkylation sites (tertiary alicyclic amines) is 3. The Morgan fingerprint density at radius 2 is 1.69 bits per heavy atom. The normalized spacial score (nSPS) is 26.4. The highest BCUT2D eigenvalue weighted by Crippen LogP contribution is 2.52. The van der Waals surface area contributed by atoms with E-state index in [1.54, 1.807) is 17.0 Å². The maximum absolute atomic E-state index is 16.3. The zero-order valence-electron chi connectivity index (χ0n) is 31.5. The lowest BCUT2D eigenvalue weighted by Crippen LogP contribution is -2.65. The summed E-state index contributed by atoms with van der Waals surface area (Å²) in [5.41, 5.74) is -0.836. The molecule has 1 N–H and O–H groups in total. The summed E-state index contributed by atoms with van der Waals surface area (Å²) in [5, 5.41) is 2.32. The van der Waals surface area contributed by atoms with Crippen molar-refractivity contribution < 1.29 is 35.9 Å². The molecule has 1 unspecified atom stereocenters. The second-order valence-corrected chi connectivity index (χ2v) is 18.6. The summed E-state index contributed by atoms with van der Waals surface area (Å²) in [6.07, 6.45) is 5.91. The quantitative estimate of drug-likeness (QED) is 0.335. The molecule has 0 radical (unpaired) electrons. The molecule has 1 saturated carbocycles. The van der Waals surface area contributed by atoms with Gasteiger partial charge in [-0.2, -0.15) is 0 Å². The molecular weight excluding hydrogens is 720 g/mol. The molecule has 54 heavy (non-hydrogen) atoms. The predicted octanol–water partition coefficient (Wildman–Crippen LogP) is 5.16. The van der Waals surface area contributed by atoms with Gasteiger partial charge < -0.3 is 24.8 Å². The molecule has 4 atom stereocenters. The van der Waals surface area contributed by atoms with Gasteiger partial charge in [0.15, 0.2) is 15.5 Å². The zero-order valence-corrected chi connectivity index (χ0v) is 32.3. The van der Waals surface area contributed by atoms with Crippen LogP contribution in [0.2, 0.25) is 0 Å². The highest BCUT2D eigenvalue weighted by Gasteiger charge is 2.54. The number of ether oxygens (including phenoxy) is 1. The molecule has 2 amide bonds. The summed E-state index contributed by atoms with van der Waals surface area (Å²) < 4.78 is 78.4. The number of methoxy groups -OCH3 is 1. The second-order valence-electron chi connectivity index (χ2n) is 16.4. The van der Waals surface area contributed by atoms with E-state index in [4.69, 9.17) is 4.74 Å². The SMILES string of the molecule is COC(=O)N[C@H]1CCC[C@@H]1[C@](CN1CCC1)(c1cccc(F)c1)C1CCN(CC2(F)CN(c3ccc(S(=O)(=O)C4CCCN(C(C)=O)C4)cc3F)C2)CC1. The summed E-state index contributed by atoms with van der Waals surface area (Å²) in [4.78, 5) is 32.0. The van der Waals surface area contributed by atoms with Crippen molar-refractivity contribution in [2.45, 2.75) is 85.6 Å². The minimum atomic E-state index is -3.86. The Labute approximate surface area is 317 Å². The molecule has 4 saturated heterocycles. The van der Waals surface area contributed by atoms with Crippen LogP contribution in [0.15, 0.2) is 47.4 Å². The maximum atomic E-state index is 16.3. The lowest BCUT2D eigenvalue weighted by Gasteiger charge is -2.54. The van der Waals surface area contributed by atoms with Crippen LogP contribution in [-0.4, -0.2) is 125 Å². The Kier molecular flexibility index (Phi) is 11.3. The third-order valence-corrected chi connectivity index (χ3v) is 15.3. The molecule has 5 aliphatic rings. The number of piperidine rings is 2. The molecule has 2 aromatic carbocycles. The number of rotatable bonds is 11. The molecule has 0 bridgehead atoms. The van der Waals surface area contributed by atoms with Crippen molar-refractivity contribution in [3.63, 3.8) is 0 Å². The van der Waals surface area contributed by atoms with Crippen molar-refractivity contribution in [3.05, 3.63) is 59.7 Å². The number of hydrogen-bond acceptors (Lipinski definition) is 8. The minimum absolute atomic E-state index is 0.00270. The van der Waals surface area contributed by atoms with Crippen LogP contribution in [0.4, 0.5) is 23.7 Å². The number of carbonyl (C=O) groups excluding carboxylic acids is 2. The minimum Gasteiger partial charge on any atom is -0.453 e. The van der Waals surface area contributed by atoms with Crippen LogP contribution in [-0.2, 0) is 24.8 Å². The Morgan fingerprint density at radius 1 is 0.926 bits per heavy atom. The lowest BCUT2D eigenvalue weighted by atomic mass is 9.57. The zero-order chi connectivity index (χ0) is 38.3. The van der Waals surface area contributed by atoms with Gasteiger partial charge in [0.1, 0.15) is 11.6 Å². The summed E-state index contributed by atoms with van der Waals surface area (Å²) in [7, 11) is -2.49. The van der Waals surface area contributed by atoms with E-state index in [1.165, 1.54) is 37.1 Å². The molecule has 14 heteroatoms. The van der Waals surface area contributed by atoms with E-state index in [2.05, 4.69) is 15.1 Å².